The Morgan fingerprint density at radius 3 is 2.28 bits per heavy atom. The van der Waals surface area contributed by atoms with Gasteiger partial charge in [-0.1, -0.05) is 38.1 Å². The summed E-state index contributed by atoms with van der Waals surface area (Å²) >= 11 is 0. The maximum atomic E-state index is 12.5. The molecule has 5 heteroatoms. The Morgan fingerprint density at radius 1 is 1.20 bits per heavy atom. The first-order chi connectivity index (χ1) is 11.3. The number of carbonyl (C=O) groups excluding carboxylic acids is 1. The van der Waals surface area contributed by atoms with Crippen molar-refractivity contribution in [2.45, 2.75) is 70.8 Å². The largest absolute Gasteiger partial charge is 0.389 e. The van der Waals surface area contributed by atoms with E-state index in [1.54, 1.807) is 0 Å². The molecule has 1 saturated carbocycles. The molecule has 0 atom stereocenters. The van der Waals surface area contributed by atoms with Gasteiger partial charge in [-0.05, 0) is 55.7 Å². The van der Waals surface area contributed by atoms with Crippen molar-refractivity contribution in [2.75, 3.05) is 5.32 Å². The van der Waals surface area contributed by atoms with Crippen molar-refractivity contribution in [1.29, 1.82) is 0 Å². The van der Waals surface area contributed by atoms with Gasteiger partial charge in [0, 0.05) is 18.0 Å². The Kier molecular flexibility index (Phi) is 5.82. The van der Waals surface area contributed by atoms with E-state index in [0.29, 0.717) is 0 Å². The number of anilines is 1. The number of oxime groups is 1. The zero-order valence-corrected chi connectivity index (χ0v) is 16.4. The van der Waals surface area contributed by atoms with Crippen molar-refractivity contribution < 1.29 is 9.63 Å². The highest BCUT2D eigenvalue weighted by atomic mass is 35.5. The Balaban J connectivity index is 0.00000225. The molecule has 0 radical (unpaired) electrons. The Hall–Kier alpha value is -1.55. The average Bonchev–Trinajstić information content (AvgIpc) is 2.88. The monoisotopic (exact) mass is 364 g/mol. The van der Waals surface area contributed by atoms with E-state index in [2.05, 4.69) is 43.4 Å². The SMILES string of the molecule is CC1=NOC2(CCC(C(=O)Nc3ccc(C(C)(C)C)cc3)CC2)C1.Cl. The Labute approximate surface area is 156 Å². The van der Waals surface area contributed by atoms with Crippen LogP contribution in [0.3, 0.4) is 0 Å². The first-order valence-electron chi connectivity index (χ1n) is 8.91. The van der Waals surface area contributed by atoms with Crippen LogP contribution in [-0.2, 0) is 15.0 Å². The summed E-state index contributed by atoms with van der Waals surface area (Å²) in [5.41, 5.74) is 3.21. The number of nitrogens with zero attached hydrogens (tertiary/aromatic N) is 1. The number of carbonyl (C=O) groups is 1. The van der Waals surface area contributed by atoms with Crippen LogP contribution in [0.1, 0.15) is 65.4 Å². The van der Waals surface area contributed by atoms with Crippen LogP contribution >= 0.6 is 12.4 Å². The standard InChI is InChI=1S/C20H28N2O2.ClH/c1-14-13-20(24-22-14)11-9-15(10-12-20)18(23)21-17-7-5-16(6-8-17)19(2,3)4;/h5-8,15H,9-13H2,1-4H3,(H,21,23);1H. The summed E-state index contributed by atoms with van der Waals surface area (Å²) in [5.74, 6) is 0.200. The van der Waals surface area contributed by atoms with E-state index in [9.17, 15) is 4.79 Å². The molecule has 1 amide bonds. The van der Waals surface area contributed by atoms with Gasteiger partial charge in [0.05, 0.1) is 5.71 Å². The lowest BCUT2D eigenvalue weighted by Crippen LogP contribution is -2.37. The lowest BCUT2D eigenvalue weighted by molar-refractivity contribution is -0.123. The Bertz CT molecular complexity index is 639. The molecule has 4 nitrogen and oxygen atoms in total. The number of hydrogen-bond acceptors (Lipinski definition) is 3. The molecule has 3 rings (SSSR count). The van der Waals surface area contributed by atoms with Gasteiger partial charge in [-0.3, -0.25) is 4.79 Å². The van der Waals surface area contributed by atoms with E-state index in [-0.39, 0.29) is 35.2 Å². The molecule has 1 N–H and O–H groups in total. The molecule has 1 aliphatic carbocycles. The lowest BCUT2D eigenvalue weighted by atomic mass is 9.76. The normalized spacial score (nSPS) is 25.8. The van der Waals surface area contributed by atoms with Gasteiger partial charge in [-0.25, -0.2) is 0 Å². The fraction of sp³-hybridized carbons (Fsp3) is 0.600. The van der Waals surface area contributed by atoms with Crippen LogP contribution in [0.25, 0.3) is 0 Å². The second-order valence-corrected chi connectivity index (χ2v) is 8.37. The topological polar surface area (TPSA) is 50.7 Å². The van der Waals surface area contributed by atoms with Crippen molar-refractivity contribution in [2.24, 2.45) is 11.1 Å². The fourth-order valence-electron chi connectivity index (χ4n) is 3.68. The molecule has 1 aromatic carbocycles. The van der Waals surface area contributed by atoms with Crippen LogP contribution < -0.4 is 5.32 Å². The first kappa shape index (κ1) is 19.8. The number of hydrogen-bond donors (Lipinski definition) is 1. The smallest absolute Gasteiger partial charge is 0.227 e. The van der Waals surface area contributed by atoms with Crippen LogP contribution in [0.4, 0.5) is 5.69 Å². The van der Waals surface area contributed by atoms with Crippen molar-refractivity contribution in [3.63, 3.8) is 0 Å². The number of rotatable bonds is 2. The van der Waals surface area contributed by atoms with Crippen molar-refractivity contribution in [1.82, 2.24) is 0 Å². The van der Waals surface area contributed by atoms with Gasteiger partial charge in [-0.15, -0.1) is 12.4 Å². The van der Waals surface area contributed by atoms with Crippen molar-refractivity contribution >= 4 is 29.7 Å². The van der Waals surface area contributed by atoms with Gasteiger partial charge in [-0.2, -0.15) is 0 Å². The third-order valence-electron chi connectivity index (χ3n) is 5.26. The van der Waals surface area contributed by atoms with E-state index < -0.39 is 0 Å². The van der Waals surface area contributed by atoms with Gasteiger partial charge in [0.25, 0.3) is 0 Å². The number of amides is 1. The first-order valence-corrected chi connectivity index (χ1v) is 8.91. The minimum atomic E-state index is -0.130. The number of halogens is 1. The molecule has 0 unspecified atom stereocenters. The Morgan fingerprint density at radius 2 is 1.80 bits per heavy atom. The van der Waals surface area contributed by atoms with Gasteiger partial charge in [0.2, 0.25) is 5.91 Å². The molecule has 1 spiro atoms. The third-order valence-corrected chi connectivity index (χ3v) is 5.26. The molecule has 0 bridgehead atoms. The summed E-state index contributed by atoms with van der Waals surface area (Å²) in [7, 11) is 0. The minimum Gasteiger partial charge on any atom is -0.389 e. The molecule has 1 heterocycles. The quantitative estimate of drug-likeness (QED) is 0.796. The molecular formula is C20H29ClN2O2. The van der Waals surface area contributed by atoms with Gasteiger partial charge >= 0.3 is 0 Å². The van der Waals surface area contributed by atoms with E-state index in [0.717, 1.165) is 43.5 Å². The molecule has 138 valence electrons. The minimum absolute atomic E-state index is 0. The van der Waals surface area contributed by atoms with E-state index in [1.165, 1.54) is 5.56 Å². The van der Waals surface area contributed by atoms with E-state index >= 15 is 0 Å². The van der Waals surface area contributed by atoms with Gasteiger partial charge < -0.3 is 10.2 Å². The second-order valence-electron chi connectivity index (χ2n) is 8.37. The van der Waals surface area contributed by atoms with Crippen molar-refractivity contribution in [3.8, 4) is 0 Å². The zero-order valence-electron chi connectivity index (χ0n) is 15.6. The highest BCUT2D eigenvalue weighted by Crippen LogP contribution is 2.40. The predicted molar refractivity (Wildman–Crippen MR) is 105 cm³/mol. The van der Waals surface area contributed by atoms with E-state index in [1.807, 2.05) is 19.1 Å². The molecule has 2 aliphatic rings. The summed E-state index contributed by atoms with van der Waals surface area (Å²) in [6.45, 7) is 8.58. The summed E-state index contributed by atoms with van der Waals surface area (Å²) in [6.07, 6.45) is 4.47. The summed E-state index contributed by atoms with van der Waals surface area (Å²) < 4.78 is 0. The van der Waals surface area contributed by atoms with Crippen LogP contribution in [0.15, 0.2) is 29.4 Å². The van der Waals surface area contributed by atoms with Gasteiger partial charge in [0.15, 0.2) is 0 Å². The molecule has 1 aliphatic heterocycles. The maximum absolute atomic E-state index is 12.5. The zero-order chi connectivity index (χ0) is 17.4. The molecule has 1 fully saturated rings. The fourth-order valence-corrected chi connectivity index (χ4v) is 3.68. The van der Waals surface area contributed by atoms with Crippen LogP contribution in [0, 0.1) is 5.92 Å². The molecule has 0 saturated heterocycles. The second kappa shape index (κ2) is 7.36. The lowest BCUT2D eigenvalue weighted by Gasteiger charge is -2.34. The summed E-state index contributed by atoms with van der Waals surface area (Å²) in [4.78, 5) is 18.2. The highest BCUT2D eigenvalue weighted by molar-refractivity contribution is 5.92. The average molecular weight is 365 g/mol. The van der Waals surface area contributed by atoms with Crippen LogP contribution in [-0.4, -0.2) is 17.2 Å². The van der Waals surface area contributed by atoms with Gasteiger partial charge in [0.1, 0.15) is 5.60 Å². The molecule has 25 heavy (non-hydrogen) atoms. The maximum Gasteiger partial charge on any atom is 0.227 e. The summed E-state index contributed by atoms with van der Waals surface area (Å²) in [5, 5.41) is 7.16. The number of benzene rings is 1. The molecule has 1 aromatic rings. The molecular weight excluding hydrogens is 336 g/mol. The van der Waals surface area contributed by atoms with Crippen LogP contribution in [0.2, 0.25) is 0 Å². The van der Waals surface area contributed by atoms with E-state index in [4.69, 9.17) is 4.84 Å². The summed E-state index contributed by atoms with van der Waals surface area (Å²) in [6, 6.07) is 8.19. The number of nitrogens with one attached hydrogen (secondary N) is 1. The highest BCUT2D eigenvalue weighted by Gasteiger charge is 2.42. The van der Waals surface area contributed by atoms with Crippen molar-refractivity contribution in [3.05, 3.63) is 29.8 Å². The molecule has 0 aromatic heterocycles. The third kappa shape index (κ3) is 4.55. The van der Waals surface area contributed by atoms with Crippen LogP contribution in [0.5, 0.6) is 0 Å². The predicted octanol–water partition coefficient (Wildman–Crippen LogP) is 5.07.